The topological polar surface area (TPSA) is 101 Å². The molecule has 47 heavy (non-hydrogen) atoms. The molecule has 2 aliphatic heterocycles. The van der Waals surface area contributed by atoms with Crippen molar-refractivity contribution in [3.8, 4) is 28.1 Å². The van der Waals surface area contributed by atoms with E-state index in [-0.39, 0.29) is 12.3 Å². The van der Waals surface area contributed by atoms with Crippen molar-refractivity contribution in [3.05, 3.63) is 58.7 Å². The van der Waals surface area contributed by atoms with Gasteiger partial charge < -0.3 is 24.2 Å². The smallest absolute Gasteiger partial charge is 0.307 e. The zero-order valence-corrected chi connectivity index (χ0v) is 27.4. The van der Waals surface area contributed by atoms with Gasteiger partial charge in [0.05, 0.1) is 18.7 Å². The van der Waals surface area contributed by atoms with Crippen molar-refractivity contribution in [1.82, 2.24) is 19.4 Å². The first kappa shape index (κ1) is 31.1. The molecule has 4 aromatic rings. The molecule has 3 aliphatic rings. The molecule has 0 spiro atoms. The maximum atomic E-state index is 15.5. The van der Waals surface area contributed by atoms with Crippen molar-refractivity contribution in [1.29, 1.82) is 0 Å². The lowest BCUT2D eigenvalue weighted by Crippen LogP contribution is -2.38. The molecule has 0 bridgehead atoms. The Hall–Kier alpha value is -4.47. The molecule has 7 rings (SSSR count). The van der Waals surface area contributed by atoms with Gasteiger partial charge in [0.25, 0.3) is 0 Å². The van der Waals surface area contributed by atoms with Crippen LogP contribution in [-0.2, 0) is 29.5 Å². The molecule has 1 amide bonds. The summed E-state index contributed by atoms with van der Waals surface area (Å²) in [7, 11) is 1.96. The number of benzene rings is 1. The van der Waals surface area contributed by atoms with Gasteiger partial charge in [0.15, 0.2) is 11.6 Å². The lowest BCUT2D eigenvalue weighted by molar-refractivity contribution is -0.136. The van der Waals surface area contributed by atoms with Crippen LogP contribution < -0.4 is 9.64 Å². The van der Waals surface area contributed by atoms with Crippen LogP contribution in [0.2, 0.25) is 0 Å². The number of pyridine rings is 2. The summed E-state index contributed by atoms with van der Waals surface area (Å²) >= 11 is 0. The highest BCUT2D eigenvalue weighted by Crippen LogP contribution is 2.43. The van der Waals surface area contributed by atoms with E-state index in [4.69, 9.17) is 14.7 Å². The number of aromatic nitrogens is 3. The summed E-state index contributed by atoms with van der Waals surface area (Å²) in [5, 5.41) is 10.7. The molecule has 1 N–H and O–H groups in total. The summed E-state index contributed by atoms with van der Waals surface area (Å²) in [6, 6.07) is 7.58. The Morgan fingerprint density at radius 2 is 1.85 bits per heavy atom. The number of nitrogens with zero attached hydrogens (tertiary/aromatic N) is 5. The van der Waals surface area contributed by atoms with Gasteiger partial charge in [-0.2, -0.15) is 0 Å². The molecule has 1 aliphatic carbocycles. The normalized spacial score (nSPS) is 17.1. The third kappa shape index (κ3) is 5.72. The third-order valence-corrected chi connectivity index (χ3v) is 10.4. The number of carboxylic acid groups (broad SMARTS) is 1. The molecule has 1 saturated heterocycles. The number of amides is 1. The number of halogens is 1. The molecule has 5 heterocycles. The largest absolute Gasteiger partial charge is 0.490 e. The molecular weight excluding hydrogens is 597 g/mol. The van der Waals surface area contributed by atoms with Crippen LogP contribution in [0.3, 0.4) is 0 Å². The number of carbonyl (C=O) groups excluding carboxylic acids is 1. The first-order chi connectivity index (χ1) is 22.7. The highest BCUT2D eigenvalue weighted by molar-refractivity contribution is 6.01. The quantitative estimate of drug-likeness (QED) is 0.267. The maximum Gasteiger partial charge on any atom is 0.307 e. The molecule has 0 atom stereocenters. The summed E-state index contributed by atoms with van der Waals surface area (Å²) in [5.74, 6) is 0.251. The Morgan fingerprint density at radius 1 is 1.04 bits per heavy atom. The van der Waals surface area contributed by atoms with Crippen LogP contribution in [-0.4, -0.2) is 69.2 Å². The van der Waals surface area contributed by atoms with Gasteiger partial charge in [-0.1, -0.05) is 12.8 Å². The number of hydrogen-bond acceptors (Lipinski definition) is 6. The molecular formula is C37H42FN5O4. The van der Waals surface area contributed by atoms with Crippen molar-refractivity contribution in [2.75, 3.05) is 37.7 Å². The minimum absolute atomic E-state index is 0.183. The molecule has 10 heteroatoms. The lowest BCUT2D eigenvalue weighted by Gasteiger charge is -2.25. The first-order valence-corrected chi connectivity index (χ1v) is 16.9. The van der Waals surface area contributed by atoms with Gasteiger partial charge in [-0.25, -0.2) is 14.4 Å². The van der Waals surface area contributed by atoms with Crippen molar-refractivity contribution >= 4 is 28.7 Å². The zero-order chi connectivity index (χ0) is 32.8. The van der Waals surface area contributed by atoms with Crippen LogP contribution in [0.5, 0.6) is 5.75 Å². The zero-order valence-electron chi connectivity index (χ0n) is 27.4. The fourth-order valence-corrected chi connectivity index (χ4v) is 7.90. The predicted octanol–water partition coefficient (Wildman–Crippen LogP) is 6.24. The predicted molar refractivity (Wildman–Crippen MR) is 179 cm³/mol. The minimum atomic E-state index is -0.967. The van der Waals surface area contributed by atoms with E-state index in [0.717, 1.165) is 91.7 Å². The summed E-state index contributed by atoms with van der Waals surface area (Å²) in [4.78, 5) is 39.2. The van der Waals surface area contributed by atoms with Crippen LogP contribution in [0.1, 0.15) is 60.9 Å². The second kappa shape index (κ2) is 12.6. The monoisotopic (exact) mass is 639 g/mol. The Balaban J connectivity index is 1.28. The Labute approximate surface area is 274 Å². The average Bonchev–Trinajstić information content (AvgIpc) is 3.64. The second-order valence-electron chi connectivity index (χ2n) is 13.3. The van der Waals surface area contributed by atoms with Gasteiger partial charge in [-0.05, 0) is 92.5 Å². The Kier molecular flexibility index (Phi) is 8.36. The van der Waals surface area contributed by atoms with Gasteiger partial charge in [0.2, 0.25) is 5.91 Å². The number of ether oxygens (including phenoxy) is 1. The van der Waals surface area contributed by atoms with Crippen LogP contribution >= 0.6 is 0 Å². The van der Waals surface area contributed by atoms with Gasteiger partial charge in [-0.3, -0.25) is 9.59 Å². The summed E-state index contributed by atoms with van der Waals surface area (Å²) in [6.07, 6.45) is 8.30. The number of carbonyl (C=O) groups is 2. The number of fused-ring (bicyclic) bond motifs is 2. The van der Waals surface area contributed by atoms with E-state index in [2.05, 4.69) is 11.0 Å². The minimum Gasteiger partial charge on any atom is -0.490 e. The highest BCUT2D eigenvalue weighted by Gasteiger charge is 2.30. The average molecular weight is 640 g/mol. The van der Waals surface area contributed by atoms with Crippen LogP contribution in [0.25, 0.3) is 33.4 Å². The van der Waals surface area contributed by atoms with E-state index in [0.29, 0.717) is 59.3 Å². The van der Waals surface area contributed by atoms with E-state index in [9.17, 15) is 14.7 Å². The standard InChI is InChI=1S/C37H42FN5O4/c1-22-26-10-6-17-47-35(26)30(38)19-27(22)34-28(21-33(44)45)23(2)40-36-29(34)20-31(41(36)3)25-11-12-39-32(18-25)42-13-7-14-43(16-15-42)37(46)24-8-4-5-9-24/h11-12,18-20,24H,4-10,13-17,21H2,1-3H3,(H,44,45). The highest BCUT2D eigenvalue weighted by atomic mass is 19.1. The fourth-order valence-electron chi connectivity index (χ4n) is 7.90. The third-order valence-electron chi connectivity index (χ3n) is 10.4. The number of anilines is 1. The van der Waals surface area contributed by atoms with Gasteiger partial charge in [0, 0.05) is 67.5 Å². The molecule has 3 aromatic heterocycles. The van der Waals surface area contributed by atoms with E-state index in [1.807, 2.05) is 48.7 Å². The Morgan fingerprint density at radius 3 is 2.64 bits per heavy atom. The number of aryl methyl sites for hydroxylation is 2. The van der Waals surface area contributed by atoms with Crippen LogP contribution in [0.15, 0.2) is 30.5 Å². The molecule has 2 fully saturated rings. The van der Waals surface area contributed by atoms with Crippen molar-refractivity contribution in [3.63, 3.8) is 0 Å². The molecule has 0 radical (unpaired) electrons. The SMILES string of the molecule is Cc1nc2c(cc(-c3ccnc(N4CCCN(C(=O)C5CCCC5)CC4)c3)n2C)c(-c2cc(F)c3c(c2C)CCCO3)c1CC(=O)O. The summed E-state index contributed by atoms with van der Waals surface area (Å²) in [6.45, 7) is 7.28. The lowest BCUT2D eigenvalue weighted by atomic mass is 9.87. The van der Waals surface area contributed by atoms with Gasteiger partial charge >= 0.3 is 5.97 Å². The van der Waals surface area contributed by atoms with Crippen LogP contribution in [0, 0.1) is 25.6 Å². The first-order valence-electron chi connectivity index (χ1n) is 16.9. The van der Waals surface area contributed by atoms with E-state index in [1.54, 1.807) is 0 Å². The molecule has 1 aromatic carbocycles. The molecule has 0 unspecified atom stereocenters. The van der Waals surface area contributed by atoms with Gasteiger partial charge in [-0.15, -0.1) is 0 Å². The number of rotatable bonds is 6. The molecule has 246 valence electrons. The van der Waals surface area contributed by atoms with Crippen LogP contribution in [0.4, 0.5) is 10.2 Å². The maximum absolute atomic E-state index is 15.5. The number of carboxylic acids is 1. The molecule has 1 saturated carbocycles. The summed E-state index contributed by atoms with van der Waals surface area (Å²) < 4.78 is 23.3. The van der Waals surface area contributed by atoms with Gasteiger partial charge in [0.1, 0.15) is 11.5 Å². The molecule has 9 nitrogen and oxygen atoms in total. The summed E-state index contributed by atoms with van der Waals surface area (Å²) in [5.41, 5.74) is 6.85. The van der Waals surface area contributed by atoms with E-state index in [1.165, 1.54) is 6.07 Å². The van der Waals surface area contributed by atoms with Crippen molar-refractivity contribution in [2.45, 2.75) is 65.2 Å². The van der Waals surface area contributed by atoms with E-state index < -0.39 is 11.8 Å². The van der Waals surface area contributed by atoms with Crippen molar-refractivity contribution < 1.29 is 23.8 Å². The number of hydrogen-bond donors (Lipinski definition) is 1. The Bertz CT molecular complexity index is 1880. The van der Waals surface area contributed by atoms with Crippen molar-refractivity contribution in [2.24, 2.45) is 13.0 Å². The number of aliphatic carboxylic acids is 1. The second-order valence-corrected chi connectivity index (χ2v) is 13.3. The van der Waals surface area contributed by atoms with E-state index >= 15 is 4.39 Å². The fraction of sp³-hybridized carbons (Fsp3) is 0.459.